The third-order valence-electron chi connectivity index (χ3n) is 4.80. The molecule has 1 aromatic heterocycles. The van der Waals surface area contributed by atoms with Gasteiger partial charge >= 0.3 is 0 Å². The Morgan fingerprint density at radius 2 is 1.89 bits per heavy atom. The monoisotopic (exact) mass is 422 g/mol. The lowest BCUT2D eigenvalue weighted by Gasteiger charge is -2.22. The number of aromatic nitrogens is 2. The van der Waals surface area contributed by atoms with Crippen LogP contribution in [-0.4, -0.2) is 65.7 Å². The van der Waals surface area contributed by atoms with Crippen LogP contribution in [0.5, 0.6) is 0 Å². The predicted octanol–water partition coefficient (Wildman–Crippen LogP) is 2.18. The number of hydrogen-bond acceptors (Lipinski definition) is 5. The Bertz CT molecular complexity index is 893. The summed E-state index contributed by atoms with van der Waals surface area (Å²) in [6.45, 7) is 5.12. The first-order chi connectivity index (χ1) is 13.4. The molecule has 0 radical (unpaired) electrons. The van der Waals surface area contributed by atoms with E-state index in [-0.39, 0.29) is 10.8 Å². The number of hydrogen-bond donors (Lipinski definition) is 1. The molecule has 7 nitrogen and oxygen atoms in total. The second-order valence-corrected chi connectivity index (χ2v) is 9.74. The summed E-state index contributed by atoms with van der Waals surface area (Å²) in [5.74, 6) is 1.26. The number of carbonyl (C=O) groups is 1. The van der Waals surface area contributed by atoms with Crippen molar-refractivity contribution in [2.75, 3.05) is 31.9 Å². The summed E-state index contributed by atoms with van der Waals surface area (Å²) in [4.78, 5) is 14.6. The fourth-order valence-electron chi connectivity index (χ4n) is 3.36. The molecule has 0 unspecified atom stereocenters. The Kier molecular flexibility index (Phi) is 6.79. The van der Waals surface area contributed by atoms with Gasteiger partial charge in [-0.05, 0) is 25.8 Å². The zero-order valence-electron chi connectivity index (χ0n) is 16.2. The Balaban J connectivity index is 1.56. The number of benzene rings is 1. The van der Waals surface area contributed by atoms with Gasteiger partial charge in [0.25, 0.3) is 0 Å². The predicted molar refractivity (Wildman–Crippen MR) is 111 cm³/mol. The standard InChI is InChI=1S/C19H26N4O3S2/c1-15-19(16(2)21-20-15)28(25,26)23-10-6-9-22(11-12-23)18(24)14-27-13-17-7-4-3-5-8-17/h3-5,7-8H,6,9-14H2,1-2H3,(H,20,21). The number of H-pyrrole nitrogens is 1. The van der Waals surface area contributed by atoms with Gasteiger partial charge in [0.05, 0.1) is 17.1 Å². The molecule has 0 aliphatic carbocycles. The van der Waals surface area contributed by atoms with Gasteiger partial charge in [-0.3, -0.25) is 9.89 Å². The van der Waals surface area contributed by atoms with Gasteiger partial charge in [-0.1, -0.05) is 30.3 Å². The molecule has 1 amide bonds. The summed E-state index contributed by atoms with van der Waals surface area (Å²) >= 11 is 1.59. The maximum Gasteiger partial charge on any atom is 0.246 e. The summed E-state index contributed by atoms with van der Waals surface area (Å²) < 4.78 is 27.5. The largest absolute Gasteiger partial charge is 0.341 e. The van der Waals surface area contributed by atoms with Gasteiger partial charge in [-0.15, -0.1) is 11.8 Å². The lowest BCUT2D eigenvalue weighted by Crippen LogP contribution is -2.38. The summed E-state index contributed by atoms with van der Waals surface area (Å²) in [6, 6.07) is 10.1. The van der Waals surface area contributed by atoms with E-state index in [0.717, 1.165) is 5.75 Å². The van der Waals surface area contributed by atoms with Crippen molar-refractivity contribution in [1.82, 2.24) is 19.4 Å². The molecule has 1 aliphatic heterocycles. The van der Waals surface area contributed by atoms with E-state index >= 15 is 0 Å². The smallest absolute Gasteiger partial charge is 0.246 e. The van der Waals surface area contributed by atoms with Crippen LogP contribution in [0.2, 0.25) is 0 Å². The molecule has 1 N–H and O–H groups in total. The quantitative estimate of drug-likeness (QED) is 0.771. The summed E-state index contributed by atoms with van der Waals surface area (Å²) in [7, 11) is -3.61. The summed E-state index contributed by atoms with van der Waals surface area (Å²) in [6.07, 6.45) is 0.629. The molecule has 1 aliphatic rings. The molecule has 0 bridgehead atoms. The number of rotatable bonds is 6. The van der Waals surface area contributed by atoms with Crippen LogP contribution in [-0.2, 0) is 20.6 Å². The van der Waals surface area contributed by atoms with Crippen LogP contribution in [0.15, 0.2) is 35.2 Å². The average molecular weight is 423 g/mol. The minimum absolute atomic E-state index is 0.0656. The van der Waals surface area contributed by atoms with Crippen LogP contribution >= 0.6 is 11.8 Å². The molecular formula is C19H26N4O3S2. The molecule has 0 saturated carbocycles. The van der Waals surface area contributed by atoms with Crippen molar-refractivity contribution < 1.29 is 13.2 Å². The summed E-state index contributed by atoms with van der Waals surface area (Å²) in [5, 5.41) is 6.74. The molecule has 0 spiro atoms. The van der Waals surface area contributed by atoms with Gasteiger partial charge < -0.3 is 4.90 Å². The minimum Gasteiger partial charge on any atom is -0.341 e. The Labute approximate surface area is 170 Å². The van der Waals surface area contributed by atoms with Crippen LogP contribution in [0.3, 0.4) is 0 Å². The van der Waals surface area contributed by atoms with Crippen LogP contribution in [0.25, 0.3) is 0 Å². The van der Waals surface area contributed by atoms with Crippen molar-refractivity contribution >= 4 is 27.7 Å². The molecular weight excluding hydrogens is 396 g/mol. The van der Waals surface area contributed by atoms with Crippen LogP contribution in [0.4, 0.5) is 0 Å². The van der Waals surface area contributed by atoms with Gasteiger partial charge in [0.15, 0.2) is 0 Å². The number of thioether (sulfide) groups is 1. The van der Waals surface area contributed by atoms with E-state index in [1.807, 2.05) is 30.3 Å². The fraction of sp³-hybridized carbons (Fsp3) is 0.474. The normalized spacial score (nSPS) is 16.1. The van der Waals surface area contributed by atoms with Crippen LogP contribution in [0, 0.1) is 13.8 Å². The van der Waals surface area contributed by atoms with E-state index in [1.165, 1.54) is 9.87 Å². The first-order valence-corrected chi connectivity index (χ1v) is 11.9. The van der Waals surface area contributed by atoms with E-state index < -0.39 is 10.0 Å². The minimum atomic E-state index is -3.61. The second kappa shape index (κ2) is 9.11. The van der Waals surface area contributed by atoms with Crippen molar-refractivity contribution in [3.63, 3.8) is 0 Å². The third kappa shape index (κ3) is 4.76. The van der Waals surface area contributed by atoms with E-state index in [2.05, 4.69) is 10.2 Å². The zero-order chi connectivity index (χ0) is 20.1. The fourth-order valence-corrected chi connectivity index (χ4v) is 6.04. The highest BCUT2D eigenvalue weighted by Crippen LogP contribution is 2.23. The SMILES string of the molecule is Cc1n[nH]c(C)c1S(=O)(=O)N1CCCN(C(=O)CSCc2ccccc2)CC1. The number of aryl methyl sites for hydroxylation is 2. The lowest BCUT2D eigenvalue weighted by molar-refractivity contribution is -0.128. The maximum absolute atomic E-state index is 13.0. The van der Waals surface area contributed by atoms with E-state index in [4.69, 9.17) is 0 Å². The van der Waals surface area contributed by atoms with Crippen LogP contribution in [0.1, 0.15) is 23.4 Å². The number of aromatic amines is 1. The molecule has 3 rings (SSSR count). The van der Waals surface area contributed by atoms with Crippen molar-refractivity contribution in [3.05, 3.63) is 47.3 Å². The van der Waals surface area contributed by atoms with Gasteiger partial charge in [0.2, 0.25) is 15.9 Å². The molecule has 9 heteroatoms. The molecule has 2 heterocycles. The highest BCUT2D eigenvalue weighted by atomic mass is 32.2. The number of amides is 1. The zero-order valence-corrected chi connectivity index (χ0v) is 17.9. The Morgan fingerprint density at radius 3 is 2.57 bits per heavy atom. The van der Waals surface area contributed by atoms with Crippen molar-refractivity contribution in [2.45, 2.75) is 30.9 Å². The average Bonchev–Trinajstić information content (AvgIpc) is 2.87. The second-order valence-electron chi connectivity index (χ2n) is 6.88. The van der Waals surface area contributed by atoms with Crippen LogP contribution < -0.4 is 0 Å². The number of nitrogens with one attached hydrogen (secondary N) is 1. The molecule has 1 fully saturated rings. The van der Waals surface area contributed by atoms with Gasteiger partial charge in [0.1, 0.15) is 4.90 Å². The first-order valence-electron chi connectivity index (χ1n) is 9.31. The van der Waals surface area contributed by atoms with Gasteiger partial charge in [0, 0.05) is 31.9 Å². The topological polar surface area (TPSA) is 86.4 Å². The van der Waals surface area contributed by atoms with Crippen molar-refractivity contribution in [2.24, 2.45) is 0 Å². The van der Waals surface area contributed by atoms with E-state index in [9.17, 15) is 13.2 Å². The first kappa shape index (κ1) is 20.9. The highest BCUT2D eigenvalue weighted by Gasteiger charge is 2.31. The maximum atomic E-state index is 13.0. The molecule has 152 valence electrons. The van der Waals surface area contributed by atoms with Crippen molar-refractivity contribution in [3.8, 4) is 0 Å². The Hall–Kier alpha value is -1.84. The van der Waals surface area contributed by atoms with Crippen molar-refractivity contribution in [1.29, 1.82) is 0 Å². The van der Waals surface area contributed by atoms with E-state index in [1.54, 1.807) is 30.5 Å². The van der Waals surface area contributed by atoms with Gasteiger partial charge in [-0.25, -0.2) is 8.42 Å². The summed E-state index contributed by atoms with van der Waals surface area (Å²) in [5.41, 5.74) is 2.22. The molecule has 1 saturated heterocycles. The number of carbonyl (C=O) groups excluding carboxylic acids is 1. The van der Waals surface area contributed by atoms with E-state index in [0.29, 0.717) is 49.7 Å². The third-order valence-corrected chi connectivity index (χ3v) is 7.95. The number of sulfonamides is 1. The highest BCUT2D eigenvalue weighted by molar-refractivity contribution is 7.99. The van der Waals surface area contributed by atoms with Gasteiger partial charge in [-0.2, -0.15) is 9.40 Å². The number of nitrogens with zero attached hydrogens (tertiary/aromatic N) is 3. The molecule has 1 aromatic carbocycles. The molecule has 28 heavy (non-hydrogen) atoms. The molecule has 0 atom stereocenters. The Morgan fingerprint density at radius 1 is 1.14 bits per heavy atom. The lowest BCUT2D eigenvalue weighted by atomic mass is 10.2. The molecule has 2 aromatic rings.